The second kappa shape index (κ2) is 10.3. The van der Waals surface area contributed by atoms with Crippen LogP contribution in [0.25, 0.3) is 0 Å². The van der Waals surface area contributed by atoms with Crippen molar-refractivity contribution in [3.05, 3.63) is 59.7 Å². The zero-order valence-electron chi connectivity index (χ0n) is 16.8. The summed E-state index contributed by atoms with van der Waals surface area (Å²) in [6.07, 6.45) is 0.729. The maximum atomic E-state index is 12.7. The molecular weight excluding hydrogens is 356 g/mol. The van der Waals surface area contributed by atoms with Crippen molar-refractivity contribution in [2.75, 3.05) is 20.8 Å². The first-order valence-corrected chi connectivity index (χ1v) is 9.31. The number of hydrogen-bond donors (Lipinski definition) is 2. The van der Waals surface area contributed by atoms with Crippen LogP contribution in [0.3, 0.4) is 0 Å². The van der Waals surface area contributed by atoms with E-state index >= 15 is 0 Å². The smallest absolute Gasteiger partial charge is 0.255 e. The largest absolute Gasteiger partial charge is 0.496 e. The van der Waals surface area contributed by atoms with Crippen molar-refractivity contribution in [1.82, 2.24) is 10.6 Å². The number of benzene rings is 2. The molecule has 0 aliphatic heterocycles. The number of hydrogen-bond acceptors (Lipinski definition) is 4. The van der Waals surface area contributed by atoms with Gasteiger partial charge < -0.3 is 20.1 Å². The van der Waals surface area contributed by atoms with Crippen LogP contribution < -0.4 is 20.1 Å². The average molecular weight is 384 g/mol. The van der Waals surface area contributed by atoms with E-state index in [1.807, 2.05) is 12.1 Å². The highest BCUT2D eigenvalue weighted by Gasteiger charge is 2.19. The van der Waals surface area contributed by atoms with Crippen LogP contribution in [0.1, 0.15) is 41.0 Å². The van der Waals surface area contributed by atoms with E-state index in [2.05, 4.69) is 24.5 Å². The lowest BCUT2D eigenvalue weighted by atomic mass is 10.0. The molecule has 1 unspecified atom stereocenters. The molecule has 2 rings (SSSR count). The Morgan fingerprint density at radius 1 is 0.857 bits per heavy atom. The van der Waals surface area contributed by atoms with Crippen LogP contribution in [0.2, 0.25) is 0 Å². The van der Waals surface area contributed by atoms with Crippen molar-refractivity contribution in [3.8, 4) is 11.5 Å². The summed E-state index contributed by atoms with van der Waals surface area (Å²) in [4.78, 5) is 25.3. The summed E-state index contributed by atoms with van der Waals surface area (Å²) in [6.45, 7) is 4.46. The van der Waals surface area contributed by atoms with Crippen molar-refractivity contribution in [3.63, 3.8) is 0 Å². The molecule has 1 atom stereocenters. The number of methoxy groups -OCH3 is 2. The molecule has 6 heteroatoms. The summed E-state index contributed by atoms with van der Waals surface area (Å²) in [6, 6.07) is 13.9. The number of carbonyl (C=O) groups excluding carboxylic acids is 2. The third-order valence-corrected chi connectivity index (χ3v) is 4.30. The summed E-state index contributed by atoms with van der Waals surface area (Å²) in [7, 11) is 3.06. The molecule has 0 bridgehead atoms. The van der Waals surface area contributed by atoms with Crippen LogP contribution in [-0.2, 0) is 0 Å². The Morgan fingerprint density at radius 2 is 1.36 bits per heavy atom. The first-order valence-electron chi connectivity index (χ1n) is 9.31. The molecule has 0 aliphatic carbocycles. The summed E-state index contributed by atoms with van der Waals surface area (Å²) in [5.41, 5.74) is 0.930. The van der Waals surface area contributed by atoms with Crippen molar-refractivity contribution >= 4 is 11.8 Å². The molecule has 0 radical (unpaired) electrons. The van der Waals surface area contributed by atoms with Crippen molar-refractivity contribution in [2.24, 2.45) is 5.92 Å². The van der Waals surface area contributed by atoms with Gasteiger partial charge in [0.25, 0.3) is 11.8 Å². The Bertz CT molecular complexity index is 805. The van der Waals surface area contributed by atoms with E-state index in [-0.39, 0.29) is 17.9 Å². The zero-order chi connectivity index (χ0) is 20.5. The van der Waals surface area contributed by atoms with E-state index in [0.717, 1.165) is 6.42 Å². The summed E-state index contributed by atoms with van der Waals surface area (Å²) in [5.74, 6) is 0.915. The Hall–Kier alpha value is -3.02. The fraction of sp³-hybridized carbons (Fsp3) is 0.364. The number of nitrogens with one attached hydrogen (secondary N) is 2. The Morgan fingerprint density at radius 3 is 1.86 bits per heavy atom. The summed E-state index contributed by atoms with van der Waals surface area (Å²) < 4.78 is 10.5. The molecule has 150 valence electrons. The number of para-hydroxylation sites is 2. The topological polar surface area (TPSA) is 76.7 Å². The molecule has 0 heterocycles. The molecule has 2 aromatic rings. The number of ether oxygens (including phenoxy) is 2. The summed E-state index contributed by atoms with van der Waals surface area (Å²) >= 11 is 0. The van der Waals surface area contributed by atoms with Crippen LogP contribution in [0.15, 0.2) is 48.5 Å². The SMILES string of the molecule is COc1ccccc1C(=O)NCC(CC(C)C)NC(=O)c1ccccc1OC. The molecule has 28 heavy (non-hydrogen) atoms. The molecule has 0 saturated carbocycles. The van der Waals surface area contributed by atoms with Gasteiger partial charge in [-0.1, -0.05) is 38.1 Å². The molecule has 0 fully saturated rings. The van der Waals surface area contributed by atoms with Gasteiger partial charge in [-0.2, -0.15) is 0 Å². The highest BCUT2D eigenvalue weighted by molar-refractivity contribution is 5.98. The van der Waals surface area contributed by atoms with Gasteiger partial charge in [0.05, 0.1) is 25.3 Å². The predicted molar refractivity (Wildman–Crippen MR) is 109 cm³/mol. The molecule has 0 aliphatic rings. The van der Waals surface area contributed by atoms with Gasteiger partial charge in [-0.3, -0.25) is 9.59 Å². The van der Waals surface area contributed by atoms with Gasteiger partial charge in [0.15, 0.2) is 0 Å². The fourth-order valence-electron chi connectivity index (χ4n) is 3.00. The second-order valence-corrected chi connectivity index (χ2v) is 6.91. The monoisotopic (exact) mass is 384 g/mol. The average Bonchev–Trinajstić information content (AvgIpc) is 2.71. The molecule has 2 amide bonds. The van der Waals surface area contributed by atoms with Crippen LogP contribution in [0.5, 0.6) is 11.5 Å². The third-order valence-electron chi connectivity index (χ3n) is 4.30. The third kappa shape index (κ3) is 5.74. The Labute approximate surface area is 166 Å². The molecule has 0 spiro atoms. The predicted octanol–water partition coefficient (Wildman–Crippen LogP) is 3.28. The van der Waals surface area contributed by atoms with Crippen LogP contribution in [0.4, 0.5) is 0 Å². The zero-order valence-corrected chi connectivity index (χ0v) is 16.8. The van der Waals surface area contributed by atoms with E-state index in [1.165, 1.54) is 14.2 Å². The Kier molecular flexibility index (Phi) is 7.87. The van der Waals surface area contributed by atoms with Gasteiger partial charge in [0.2, 0.25) is 0 Å². The van der Waals surface area contributed by atoms with Crippen LogP contribution in [0, 0.1) is 5.92 Å². The normalized spacial score (nSPS) is 11.6. The second-order valence-electron chi connectivity index (χ2n) is 6.91. The van der Waals surface area contributed by atoms with Crippen LogP contribution in [-0.4, -0.2) is 38.6 Å². The highest BCUT2D eigenvalue weighted by atomic mass is 16.5. The molecule has 0 saturated heterocycles. The first-order chi connectivity index (χ1) is 13.5. The van der Waals surface area contributed by atoms with Gasteiger partial charge in [-0.25, -0.2) is 0 Å². The van der Waals surface area contributed by atoms with E-state index in [4.69, 9.17) is 9.47 Å². The van der Waals surface area contributed by atoms with Gasteiger partial charge in [-0.15, -0.1) is 0 Å². The lowest BCUT2D eigenvalue weighted by Crippen LogP contribution is -2.44. The van der Waals surface area contributed by atoms with E-state index in [1.54, 1.807) is 36.4 Å². The number of carbonyl (C=O) groups is 2. The van der Waals surface area contributed by atoms with Crippen LogP contribution >= 0.6 is 0 Å². The van der Waals surface area contributed by atoms with Crippen molar-refractivity contribution in [2.45, 2.75) is 26.3 Å². The first kappa shape index (κ1) is 21.3. The van der Waals surface area contributed by atoms with Gasteiger partial charge in [-0.05, 0) is 36.6 Å². The lowest BCUT2D eigenvalue weighted by molar-refractivity contribution is 0.0900. The lowest BCUT2D eigenvalue weighted by Gasteiger charge is -2.22. The van der Waals surface area contributed by atoms with Crippen molar-refractivity contribution in [1.29, 1.82) is 0 Å². The summed E-state index contributed by atoms with van der Waals surface area (Å²) in [5, 5.41) is 5.91. The Balaban J connectivity index is 2.07. The molecule has 2 N–H and O–H groups in total. The van der Waals surface area contributed by atoms with Gasteiger partial charge in [0, 0.05) is 12.6 Å². The molecule has 0 aromatic heterocycles. The standard InChI is InChI=1S/C22H28N2O4/c1-15(2)13-16(24-22(26)18-10-6-8-12-20(18)28-4)14-23-21(25)17-9-5-7-11-19(17)27-3/h5-12,15-16H,13-14H2,1-4H3,(H,23,25)(H,24,26). The van der Waals surface area contributed by atoms with Gasteiger partial charge in [0.1, 0.15) is 11.5 Å². The molecule has 2 aromatic carbocycles. The van der Waals surface area contributed by atoms with E-state index in [0.29, 0.717) is 35.1 Å². The van der Waals surface area contributed by atoms with E-state index in [9.17, 15) is 9.59 Å². The number of rotatable bonds is 9. The minimum atomic E-state index is -0.238. The van der Waals surface area contributed by atoms with Crippen molar-refractivity contribution < 1.29 is 19.1 Å². The van der Waals surface area contributed by atoms with E-state index < -0.39 is 0 Å². The fourth-order valence-corrected chi connectivity index (χ4v) is 3.00. The minimum absolute atomic E-state index is 0.212. The quantitative estimate of drug-likeness (QED) is 0.696. The molecule has 6 nitrogen and oxygen atoms in total. The van der Waals surface area contributed by atoms with Gasteiger partial charge >= 0.3 is 0 Å². The molecular formula is C22H28N2O4. The maximum Gasteiger partial charge on any atom is 0.255 e. The number of amides is 2. The minimum Gasteiger partial charge on any atom is -0.496 e. The highest BCUT2D eigenvalue weighted by Crippen LogP contribution is 2.18. The maximum absolute atomic E-state index is 12.7.